The Morgan fingerprint density at radius 1 is 0.738 bits per heavy atom. The van der Waals surface area contributed by atoms with Crippen LogP contribution in [0, 0.1) is 11.3 Å². The van der Waals surface area contributed by atoms with Crippen LogP contribution >= 0.6 is 0 Å². The molecule has 0 saturated carbocycles. The summed E-state index contributed by atoms with van der Waals surface area (Å²) in [7, 11) is 0. The molecule has 6 heteroatoms. The molecule has 0 aliphatic carbocycles. The third-order valence-electron chi connectivity index (χ3n) is 6.51. The Labute approximate surface area is 245 Å². The molecule has 1 amide bonds. The second kappa shape index (κ2) is 13.7. The third kappa shape index (κ3) is 7.35. The van der Waals surface area contributed by atoms with E-state index in [4.69, 9.17) is 14.2 Å². The van der Waals surface area contributed by atoms with E-state index in [1.54, 1.807) is 42.5 Å². The van der Waals surface area contributed by atoms with Gasteiger partial charge in [-0.3, -0.25) is 4.79 Å². The summed E-state index contributed by atoms with van der Waals surface area (Å²) in [5.74, 6) is 1.29. The quantitative estimate of drug-likeness (QED) is 0.132. The van der Waals surface area contributed by atoms with Crippen LogP contribution in [0.4, 0.5) is 5.69 Å². The molecule has 5 aromatic rings. The van der Waals surface area contributed by atoms with Gasteiger partial charge in [0.25, 0.3) is 5.91 Å². The van der Waals surface area contributed by atoms with Crippen LogP contribution in [0.1, 0.15) is 23.6 Å². The molecule has 0 radical (unpaired) electrons. The summed E-state index contributed by atoms with van der Waals surface area (Å²) >= 11 is 0. The van der Waals surface area contributed by atoms with Crippen LogP contribution in [0.5, 0.6) is 17.2 Å². The molecule has 6 nitrogen and oxygen atoms in total. The summed E-state index contributed by atoms with van der Waals surface area (Å²) < 4.78 is 17.7. The number of carbonyl (C=O) groups excluding carboxylic acids is 1. The number of ether oxygens (including phenoxy) is 3. The number of rotatable bonds is 11. The first kappa shape index (κ1) is 28.0. The lowest BCUT2D eigenvalue weighted by Gasteiger charge is -2.13. The van der Waals surface area contributed by atoms with Crippen molar-refractivity contribution in [3.8, 4) is 23.3 Å². The summed E-state index contributed by atoms with van der Waals surface area (Å²) in [4.78, 5) is 12.9. The zero-order valence-corrected chi connectivity index (χ0v) is 23.2. The van der Waals surface area contributed by atoms with Crippen LogP contribution in [0.3, 0.4) is 0 Å². The highest BCUT2D eigenvalue weighted by Crippen LogP contribution is 2.31. The van der Waals surface area contributed by atoms with Crippen LogP contribution in [0.25, 0.3) is 16.8 Å². The number of carbonyl (C=O) groups is 1. The molecule has 0 bridgehead atoms. The summed E-state index contributed by atoms with van der Waals surface area (Å²) in [5.41, 5.74) is 3.27. The highest BCUT2D eigenvalue weighted by Gasteiger charge is 2.12. The van der Waals surface area contributed by atoms with Gasteiger partial charge in [0.2, 0.25) is 0 Å². The Bertz CT molecular complexity index is 1740. The molecule has 0 aliphatic heterocycles. The van der Waals surface area contributed by atoms with Gasteiger partial charge in [0, 0.05) is 5.69 Å². The number of benzene rings is 5. The van der Waals surface area contributed by atoms with E-state index in [1.807, 2.05) is 61.5 Å². The van der Waals surface area contributed by atoms with E-state index in [9.17, 15) is 10.1 Å². The first-order valence-corrected chi connectivity index (χ1v) is 13.7. The summed E-state index contributed by atoms with van der Waals surface area (Å²) in [6.45, 7) is 3.16. The minimum atomic E-state index is -0.509. The van der Waals surface area contributed by atoms with Crippen LogP contribution in [-0.4, -0.2) is 12.5 Å². The minimum Gasteiger partial charge on any atom is -0.490 e. The van der Waals surface area contributed by atoms with Crippen molar-refractivity contribution in [2.75, 3.05) is 11.9 Å². The lowest BCUT2D eigenvalue weighted by molar-refractivity contribution is -0.112. The van der Waals surface area contributed by atoms with Gasteiger partial charge < -0.3 is 19.5 Å². The molecule has 0 saturated heterocycles. The normalized spacial score (nSPS) is 11.0. The highest BCUT2D eigenvalue weighted by molar-refractivity contribution is 6.09. The van der Waals surface area contributed by atoms with Gasteiger partial charge >= 0.3 is 0 Å². The molecule has 5 rings (SSSR count). The maximum atomic E-state index is 12.9. The predicted molar refractivity (Wildman–Crippen MR) is 165 cm³/mol. The van der Waals surface area contributed by atoms with Gasteiger partial charge in [0.1, 0.15) is 30.6 Å². The Morgan fingerprint density at radius 3 is 2.24 bits per heavy atom. The largest absolute Gasteiger partial charge is 0.490 e. The molecule has 1 N–H and O–H groups in total. The number of anilines is 1. The Kier molecular flexibility index (Phi) is 9.13. The molecule has 208 valence electrons. The Balaban J connectivity index is 1.23. The number of nitrogens with zero attached hydrogens (tertiary/aromatic N) is 1. The van der Waals surface area contributed by atoms with Crippen molar-refractivity contribution < 1.29 is 19.0 Å². The van der Waals surface area contributed by atoms with Crippen molar-refractivity contribution in [1.82, 2.24) is 0 Å². The van der Waals surface area contributed by atoms with Gasteiger partial charge in [-0.25, -0.2) is 0 Å². The van der Waals surface area contributed by atoms with Gasteiger partial charge in [-0.2, -0.15) is 5.26 Å². The van der Waals surface area contributed by atoms with E-state index in [1.165, 1.54) is 11.5 Å². The standard InChI is InChI=1S/C36H30N2O4/c1-2-40-35-22-27(13-19-34(35)42-25-28-12-14-29-10-6-7-11-30(29)21-28)20-31(23-37)36(39)38-32-15-17-33(18-16-32)41-24-26-8-4-3-5-9-26/h3-22H,2,24-25H2,1H3,(H,38,39)/b31-20+. The van der Waals surface area contributed by atoms with Gasteiger partial charge in [-0.1, -0.05) is 72.8 Å². The van der Waals surface area contributed by atoms with E-state index in [0.29, 0.717) is 48.3 Å². The van der Waals surface area contributed by atoms with E-state index in [2.05, 4.69) is 29.6 Å². The van der Waals surface area contributed by atoms with Crippen LogP contribution < -0.4 is 19.5 Å². The van der Waals surface area contributed by atoms with E-state index in [-0.39, 0.29) is 5.57 Å². The van der Waals surface area contributed by atoms with Crippen molar-refractivity contribution in [2.45, 2.75) is 20.1 Å². The number of fused-ring (bicyclic) bond motifs is 1. The van der Waals surface area contributed by atoms with Crippen LogP contribution in [0.2, 0.25) is 0 Å². The molecule has 42 heavy (non-hydrogen) atoms. The molecular formula is C36H30N2O4. The number of nitriles is 1. The molecule has 0 heterocycles. The van der Waals surface area contributed by atoms with E-state index >= 15 is 0 Å². The molecule has 0 unspecified atom stereocenters. The fourth-order valence-electron chi connectivity index (χ4n) is 4.38. The number of nitrogens with one attached hydrogen (secondary N) is 1. The molecule has 0 aliphatic rings. The van der Waals surface area contributed by atoms with Crippen molar-refractivity contribution in [3.63, 3.8) is 0 Å². The fraction of sp³-hybridized carbons (Fsp3) is 0.111. The predicted octanol–water partition coefficient (Wildman–Crippen LogP) is 7.94. The van der Waals surface area contributed by atoms with Crippen molar-refractivity contribution in [2.24, 2.45) is 0 Å². The first-order valence-electron chi connectivity index (χ1n) is 13.7. The molecule has 0 atom stereocenters. The lowest BCUT2D eigenvalue weighted by Crippen LogP contribution is -2.13. The first-order chi connectivity index (χ1) is 20.6. The van der Waals surface area contributed by atoms with Crippen molar-refractivity contribution in [1.29, 1.82) is 5.26 Å². The highest BCUT2D eigenvalue weighted by atomic mass is 16.5. The van der Waals surface area contributed by atoms with E-state index in [0.717, 1.165) is 16.5 Å². The summed E-state index contributed by atoms with van der Waals surface area (Å²) in [6.07, 6.45) is 1.53. The number of hydrogen-bond donors (Lipinski definition) is 1. The zero-order valence-electron chi connectivity index (χ0n) is 23.2. The molecule has 5 aromatic carbocycles. The molecular weight excluding hydrogens is 524 g/mol. The van der Waals surface area contributed by atoms with Gasteiger partial charge in [-0.05, 0) is 82.9 Å². The number of hydrogen-bond acceptors (Lipinski definition) is 5. The maximum absolute atomic E-state index is 12.9. The summed E-state index contributed by atoms with van der Waals surface area (Å²) in [5, 5.41) is 14.8. The van der Waals surface area contributed by atoms with Crippen molar-refractivity contribution in [3.05, 3.63) is 138 Å². The van der Waals surface area contributed by atoms with Gasteiger partial charge in [0.05, 0.1) is 6.61 Å². The summed E-state index contributed by atoms with van der Waals surface area (Å²) in [6, 6.07) is 38.7. The van der Waals surface area contributed by atoms with Crippen LogP contribution in [0.15, 0.2) is 121 Å². The average Bonchev–Trinajstić information content (AvgIpc) is 3.03. The van der Waals surface area contributed by atoms with Gasteiger partial charge in [-0.15, -0.1) is 0 Å². The molecule has 0 spiro atoms. The van der Waals surface area contributed by atoms with Crippen molar-refractivity contribution >= 4 is 28.4 Å². The second-order valence-corrected chi connectivity index (χ2v) is 9.53. The SMILES string of the molecule is CCOc1cc(/C=C(\C#N)C(=O)Nc2ccc(OCc3ccccc3)cc2)ccc1OCc1ccc2ccccc2c1. The second-order valence-electron chi connectivity index (χ2n) is 9.53. The number of amides is 1. The lowest BCUT2D eigenvalue weighted by atomic mass is 10.1. The average molecular weight is 555 g/mol. The Hall–Kier alpha value is -5.54. The molecule has 0 fully saturated rings. The van der Waals surface area contributed by atoms with Crippen LogP contribution in [-0.2, 0) is 18.0 Å². The third-order valence-corrected chi connectivity index (χ3v) is 6.51. The monoisotopic (exact) mass is 554 g/mol. The maximum Gasteiger partial charge on any atom is 0.266 e. The van der Waals surface area contributed by atoms with E-state index < -0.39 is 5.91 Å². The smallest absolute Gasteiger partial charge is 0.266 e. The minimum absolute atomic E-state index is 0.0355. The topological polar surface area (TPSA) is 80.6 Å². The molecule has 0 aromatic heterocycles. The fourth-order valence-corrected chi connectivity index (χ4v) is 4.38. The Morgan fingerprint density at radius 2 is 1.48 bits per heavy atom. The van der Waals surface area contributed by atoms with Gasteiger partial charge in [0.15, 0.2) is 11.5 Å². The zero-order chi connectivity index (χ0) is 29.1.